The Bertz CT molecular complexity index is 558. The first-order chi connectivity index (χ1) is 9.11. The highest BCUT2D eigenvalue weighted by Crippen LogP contribution is 2.25. The maximum Gasteiger partial charge on any atom is 0.129 e. The molecule has 5 heteroatoms. The number of pyridine rings is 1. The highest BCUT2D eigenvalue weighted by atomic mass is 35.5. The topological polar surface area (TPSA) is 24.9 Å². The average Bonchev–Trinajstić information content (AvgIpc) is 2.38. The number of halogens is 3. The fourth-order valence-electron chi connectivity index (χ4n) is 1.87. The van der Waals surface area contributed by atoms with Gasteiger partial charge in [-0.05, 0) is 30.8 Å². The van der Waals surface area contributed by atoms with Gasteiger partial charge in [0.25, 0.3) is 0 Å². The second-order valence-electron chi connectivity index (χ2n) is 4.06. The van der Waals surface area contributed by atoms with Crippen LogP contribution in [0.15, 0.2) is 36.5 Å². The molecule has 0 amide bonds. The summed E-state index contributed by atoms with van der Waals surface area (Å²) in [5.41, 5.74) is 1.23. The van der Waals surface area contributed by atoms with E-state index in [0.717, 1.165) is 0 Å². The highest BCUT2D eigenvalue weighted by Gasteiger charge is 2.18. The summed E-state index contributed by atoms with van der Waals surface area (Å²) in [4.78, 5) is 4.24. The van der Waals surface area contributed by atoms with E-state index in [4.69, 9.17) is 23.2 Å². The van der Waals surface area contributed by atoms with Gasteiger partial charge in [0.05, 0.1) is 16.8 Å². The molecule has 1 unspecified atom stereocenters. The molecule has 1 aromatic heterocycles. The smallest absolute Gasteiger partial charge is 0.129 e. The van der Waals surface area contributed by atoms with Gasteiger partial charge < -0.3 is 5.32 Å². The molecule has 1 atom stereocenters. The first kappa shape index (κ1) is 14.3. The van der Waals surface area contributed by atoms with Crippen molar-refractivity contribution < 1.29 is 4.39 Å². The molecule has 1 N–H and O–H groups in total. The van der Waals surface area contributed by atoms with Crippen molar-refractivity contribution in [2.75, 3.05) is 6.54 Å². The molecule has 0 radical (unpaired) electrons. The van der Waals surface area contributed by atoms with Crippen molar-refractivity contribution in [2.24, 2.45) is 0 Å². The molecule has 19 heavy (non-hydrogen) atoms. The minimum Gasteiger partial charge on any atom is -0.305 e. The van der Waals surface area contributed by atoms with E-state index in [2.05, 4.69) is 10.3 Å². The first-order valence-corrected chi connectivity index (χ1v) is 6.67. The Hall–Kier alpha value is -1.16. The minimum absolute atomic E-state index is 0.320. The van der Waals surface area contributed by atoms with Crippen LogP contribution < -0.4 is 5.32 Å². The lowest BCUT2D eigenvalue weighted by atomic mass is 10.0. The molecule has 0 saturated carbocycles. The molecular weight excluding hydrogens is 286 g/mol. The largest absolute Gasteiger partial charge is 0.305 e. The number of benzene rings is 1. The van der Waals surface area contributed by atoms with Crippen molar-refractivity contribution >= 4 is 23.2 Å². The lowest BCUT2D eigenvalue weighted by Gasteiger charge is -2.18. The predicted octanol–water partition coefficient (Wildman–Crippen LogP) is 4.23. The third kappa shape index (κ3) is 3.44. The first-order valence-electron chi connectivity index (χ1n) is 5.91. The summed E-state index contributed by atoms with van der Waals surface area (Å²) in [6.45, 7) is 2.65. The lowest BCUT2D eigenvalue weighted by molar-refractivity contribution is 0.552. The van der Waals surface area contributed by atoms with Crippen LogP contribution in [0.1, 0.15) is 24.2 Å². The van der Waals surface area contributed by atoms with Crippen LogP contribution in [0.4, 0.5) is 4.39 Å². The zero-order valence-electron chi connectivity index (χ0n) is 10.3. The zero-order chi connectivity index (χ0) is 13.8. The normalized spacial score (nSPS) is 12.4. The molecule has 0 aliphatic rings. The molecule has 2 nitrogen and oxygen atoms in total. The van der Waals surface area contributed by atoms with Crippen LogP contribution in [0.25, 0.3) is 0 Å². The number of hydrogen-bond donors (Lipinski definition) is 1. The molecule has 1 heterocycles. The number of nitrogens with zero attached hydrogens (tertiary/aromatic N) is 1. The maximum absolute atomic E-state index is 14.0. The van der Waals surface area contributed by atoms with E-state index in [9.17, 15) is 4.39 Å². The van der Waals surface area contributed by atoms with Crippen molar-refractivity contribution in [3.05, 3.63) is 63.6 Å². The Labute approximate surface area is 121 Å². The van der Waals surface area contributed by atoms with Crippen LogP contribution >= 0.6 is 23.2 Å². The van der Waals surface area contributed by atoms with Crippen LogP contribution in [-0.2, 0) is 0 Å². The van der Waals surface area contributed by atoms with Crippen molar-refractivity contribution in [3.8, 4) is 0 Å². The van der Waals surface area contributed by atoms with E-state index in [1.807, 2.05) is 6.92 Å². The van der Waals surface area contributed by atoms with Crippen LogP contribution in [0.2, 0.25) is 10.0 Å². The SMILES string of the molecule is CCNC(c1ccc(Cl)cn1)c1ccc(Cl)cc1F. The van der Waals surface area contributed by atoms with E-state index < -0.39 is 0 Å². The lowest BCUT2D eigenvalue weighted by Crippen LogP contribution is -2.23. The van der Waals surface area contributed by atoms with Gasteiger partial charge in [-0.15, -0.1) is 0 Å². The quantitative estimate of drug-likeness (QED) is 0.914. The van der Waals surface area contributed by atoms with Crippen molar-refractivity contribution in [1.29, 1.82) is 0 Å². The fraction of sp³-hybridized carbons (Fsp3) is 0.214. The number of nitrogens with one attached hydrogen (secondary N) is 1. The monoisotopic (exact) mass is 298 g/mol. The third-order valence-corrected chi connectivity index (χ3v) is 3.19. The Morgan fingerprint density at radius 3 is 2.53 bits per heavy atom. The van der Waals surface area contributed by atoms with E-state index in [1.165, 1.54) is 6.07 Å². The minimum atomic E-state index is -0.352. The fourth-order valence-corrected chi connectivity index (χ4v) is 2.14. The van der Waals surface area contributed by atoms with Crippen LogP contribution in [0, 0.1) is 5.82 Å². The van der Waals surface area contributed by atoms with Crippen molar-refractivity contribution in [3.63, 3.8) is 0 Å². The number of rotatable bonds is 4. The Balaban J connectivity index is 2.41. The highest BCUT2D eigenvalue weighted by molar-refractivity contribution is 6.30. The maximum atomic E-state index is 14.0. The Morgan fingerprint density at radius 2 is 1.95 bits per heavy atom. The van der Waals surface area contributed by atoms with E-state index in [1.54, 1.807) is 30.5 Å². The Kier molecular flexibility index (Phi) is 4.75. The third-order valence-electron chi connectivity index (χ3n) is 2.73. The summed E-state index contributed by atoms with van der Waals surface area (Å²) in [5, 5.41) is 4.13. The molecule has 2 rings (SSSR count). The van der Waals surface area contributed by atoms with E-state index >= 15 is 0 Å². The molecule has 100 valence electrons. The van der Waals surface area contributed by atoms with Gasteiger partial charge in [0.1, 0.15) is 5.82 Å². The summed E-state index contributed by atoms with van der Waals surface area (Å²) in [7, 11) is 0. The summed E-state index contributed by atoms with van der Waals surface area (Å²) < 4.78 is 14.0. The molecule has 0 aliphatic heterocycles. The van der Waals surface area contributed by atoms with Crippen LogP contribution in [0.3, 0.4) is 0 Å². The van der Waals surface area contributed by atoms with Crippen molar-refractivity contribution in [2.45, 2.75) is 13.0 Å². The van der Waals surface area contributed by atoms with Gasteiger partial charge in [-0.25, -0.2) is 4.39 Å². The van der Waals surface area contributed by atoms with Gasteiger partial charge in [0.2, 0.25) is 0 Å². The summed E-state index contributed by atoms with van der Waals surface area (Å²) in [6, 6.07) is 7.84. The molecule has 1 aromatic carbocycles. The average molecular weight is 299 g/mol. The van der Waals surface area contributed by atoms with Crippen LogP contribution in [-0.4, -0.2) is 11.5 Å². The second kappa shape index (κ2) is 6.33. The second-order valence-corrected chi connectivity index (χ2v) is 4.93. The molecule has 2 aromatic rings. The van der Waals surface area contributed by atoms with E-state index in [-0.39, 0.29) is 11.9 Å². The zero-order valence-corrected chi connectivity index (χ0v) is 11.8. The standard InChI is InChI=1S/C14H13Cl2FN2/c1-2-18-14(13-6-4-10(16)8-19-13)11-5-3-9(15)7-12(11)17/h3-8,14,18H,2H2,1H3. The van der Waals surface area contributed by atoms with Gasteiger partial charge in [0, 0.05) is 16.8 Å². The Morgan fingerprint density at radius 1 is 1.21 bits per heavy atom. The number of aromatic nitrogens is 1. The molecule has 0 spiro atoms. The van der Waals surface area contributed by atoms with Gasteiger partial charge in [0.15, 0.2) is 0 Å². The molecule has 0 bridgehead atoms. The number of hydrogen-bond acceptors (Lipinski definition) is 2. The van der Waals surface area contributed by atoms with Crippen LogP contribution in [0.5, 0.6) is 0 Å². The predicted molar refractivity (Wildman–Crippen MR) is 76.2 cm³/mol. The molecule has 0 aliphatic carbocycles. The van der Waals surface area contributed by atoms with Gasteiger partial charge >= 0.3 is 0 Å². The van der Waals surface area contributed by atoms with Gasteiger partial charge in [-0.1, -0.05) is 36.2 Å². The molecular formula is C14H13Cl2FN2. The molecule has 0 saturated heterocycles. The molecule has 0 fully saturated rings. The summed E-state index contributed by atoms with van der Waals surface area (Å²) in [5.74, 6) is -0.352. The van der Waals surface area contributed by atoms with E-state index in [0.29, 0.717) is 27.8 Å². The van der Waals surface area contributed by atoms with Gasteiger partial charge in [-0.3, -0.25) is 4.98 Å². The van der Waals surface area contributed by atoms with Gasteiger partial charge in [-0.2, -0.15) is 0 Å². The summed E-state index contributed by atoms with van der Waals surface area (Å²) in [6.07, 6.45) is 1.55. The summed E-state index contributed by atoms with van der Waals surface area (Å²) >= 11 is 11.6. The van der Waals surface area contributed by atoms with Crippen molar-refractivity contribution in [1.82, 2.24) is 10.3 Å².